The monoisotopic (exact) mass is 916 g/mol. The summed E-state index contributed by atoms with van der Waals surface area (Å²) in [5.41, 5.74) is 38.7. The number of aliphatic imine (C=N–C) groups is 2. The fourth-order valence-electron chi connectivity index (χ4n) is 5.85. The molecule has 0 heterocycles. The summed E-state index contributed by atoms with van der Waals surface area (Å²) in [7, 11) is 0. The average Bonchev–Trinajstić information content (AvgIpc) is 3.20. The topological polar surface area (TPSA) is 493 Å². The fraction of sp³-hybridized carbons (Fsp3) is 0.703. The number of guanidine groups is 2. The summed E-state index contributed by atoms with van der Waals surface area (Å²) < 4.78 is 0. The van der Waals surface area contributed by atoms with Crippen molar-refractivity contribution in [1.29, 1.82) is 0 Å². The van der Waals surface area contributed by atoms with Gasteiger partial charge >= 0.3 is 17.9 Å². The third kappa shape index (κ3) is 24.9. The van der Waals surface area contributed by atoms with Gasteiger partial charge in [-0.2, -0.15) is 0 Å². The van der Waals surface area contributed by atoms with E-state index in [9.17, 15) is 58.5 Å². The highest BCUT2D eigenvalue weighted by Crippen LogP contribution is 2.10. The molecule has 0 unspecified atom stereocenters. The molecule has 0 aromatic rings. The number of hydrogen-bond donors (Lipinski definition) is 16. The van der Waals surface area contributed by atoms with Gasteiger partial charge in [-0.25, -0.2) is 4.79 Å². The summed E-state index contributed by atoms with van der Waals surface area (Å²) in [6.45, 7) is 3.58. The van der Waals surface area contributed by atoms with Gasteiger partial charge in [0.15, 0.2) is 11.9 Å². The van der Waals surface area contributed by atoms with Crippen molar-refractivity contribution < 1.29 is 58.5 Å². The molecule has 6 amide bonds. The molecule has 0 aliphatic heterocycles. The predicted molar refractivity (Wildman–Crippen MR) is 232 cm³/mol. The molecule has 0 aromatic heterocycles. The maximum atomic E-state index is 13.9. The van der Waals surface area contributed by atoms with Gasteiger partial charge in [-0.1, -0.05) is 13.8 Å². The summed E-state index contributed by atoms with van der Waals surface area (Å²) in [6.07, 6.45) is -0.360. The van der Waals surface area contributed by atoms with Crippen molar-refractivity contribution in [2.24, 2.45) is 56.0 Å². The molecule has 0 saturated heterocycles. The van der Waals surface area contributed by atoms with Crippen molar-refractivity contribution in [3.8, 4) is 0 Å². The van der Waals surface area contributed by atoms with Crippen LogP contribution >= 0.6 is 0 Å². The van der Waals surface area contributed by atoms with Crippen LogP contribution in [0.3, 0.4) is 0 Å². The van der Waals surface area contributed by atoms with Crippen molar-refractivity contribution in [2.45, 2.75) is 133 Å². The maximum Gasteiger partial charge on any atom is 0.326 e. The minimum Gasteiger partial charge on any atom is -0.481 e. The molecule has 0 radical (unpaired) electrons. The third-order valence-corrected chi connectivity index (χ3v) is 9.30. The SMILES string of the molecule is CC(C)[C@H](NC(=O)[C@H](CC(=O)O)NC(=O)[C@H](CCCCN)NC(=O)[C@H](CCCN=C(N)N)NC(=O)[C@H](CC(=O)O)NC(=O)[C@H](CCCCN)NC(=O)[C@@H](N)CCCN=C(N)N)C(=O)O. The van der Waals surface area contributed by atoms with Gasteiger partial charge < -0.3 is 87.4 Å². The van der Waals surface area contributed by atoms with E-state index in [1.165, 1.54) is 13.8 Å². The molecule has 0 rings (SSSR count). The lowest BCUT2D eigenvalue weighted by atomic mass is 10.0. The number of rotatable bonds is 34. The molecular weight excluding hydrogens is 846 g/mol. The minimum absolute atomic E-state index is 0.0210. The Kier molecular flexibility index (Phi) is 28.4. The van der Waals surface area contributed by atoms with E-state index in [1.54, 1.807) is 0 Å². The zero-order valence-electron chi connectivity index (χ0n) is 36.4. The van der Waals surface area contributed by atoms with Crippen LogP contribution in [0.25, 0.3) is 0 Å². The Balaban J connectivity index is 6.61. The number of nitrogens with one attached hydrogen (secondary N) is 6. The Bertz CT molecular complexity index is 1620. The number of carboxylic acid groups (broad SMARTS) is 3. The molecule has 64 heavy (non-hydrogen) atoms. The third-order valence-electron chi connectivity index (χ3n) is 9.30. The van der Waals surface area contributed by atoms with Crippen molar-refractivity contribution in [3.63, 3.8) is 0 Å². The van der Waals surface area contributed by atoms with Crippen LogP contribution < -0.4 is 72.0 Å². The highest BCUT2D eigenvalue weighted by atomic mass is 16.4. The minimum atomic E-state index is -1.82. The molecule has 27 nitrogen and oxygen atoms in total. The van der Waals surface area contributed by atoms with E-state index in [0.717, 1.165) is 0 Å². The Morgan fingerprint density at radius 3 is 1.14 bits per heavy atom. The molecule has 0 aliphatic carbocycles. The Morgan fingerprint density at radius 1 is 0.469 bits per heavy atom. The molecule has 0 spiro atoms. The number of unbranched alkanes of at least 4 members (excludes halogenated alkanes) is 2. The van der Waals surface area contributed by atoms with E-state index >= 15 is 0 Å². The van der Waals surface area contributed by atoms with Crippen LogP contribution in [0.5, 0.6) is 0 Å². The largest absolute Gasteiger partial charge is 0.481 e. The molecule has 0 fully saturated rings. The van der Waals surface area contributed by atoms with Crippen molar-refractivity contribution >= 4 is 65.3 Å². The summed E-state index contributed by atoms with van der Waals surface area (Å²) in [5, 5.41) is 42.9. The Labute approximate surface area is 370 Å². The van der Waals surface area contributed by atoms with Gasteiger partial charge in [0.05, 0.1) is 18.9 Å². The van der Waals surface area contributed by atoms with E-state index in [0.29, 0.717) is 25.7 Å². The highest BCUT2D eigenvalue weighted by molar-refractivity contribution is 5.98. The first-order valence-corrected chi connectivity index (χ1v) is 20.8. The van der Waals surface area contributed by atoms with Crippen molar-refractivity contribution in [2.75, 3.05) is 26.2 Å². The number of nitrogens with zero attached hydrogens (tertiary/aromatic N) is 2. The van der Waals surface area contributed by atoms with E-state index in [1.807, 2.05) is 0 Å². The lowest BCUT2D eigenvalue weighted by molar-refractivity contribution is -0.144. The smallest absolute Gasteiger partial charge is 0.326 e. The quantitative estimate of drug-likeness (QED) is 0.0162. The van der Waals surface area contributed by atoms with Crippen molar-refractivity contribution in [1.82, 2.24) is 31.9 Å². The van der Waals surface area contributed by atoms with Gasteiger partial charge in [-0.15, -0.1) is 0 Å². The number of hydrogen-bond acceptors (Lipinski definition) is 14. The number of aliphatic carboxylic acids is 3. The molecular formula is C37H69N15O12. The zero-order valence-corrected chi connectivity index (χ0v) is 36.4. The second-order valence-electron chi connectivity index (χ2n) is 15.1. The first kappa shape index (κ1) is 57.6. The molecule has 7 atom stereocenters. The number of carbonyl (C=O) groups is 9. The number of nitrogens with two attached hydrogens (primary N) is 7. The summed E-state index contributed by atoms with van der Waals surface area (Å²) >= 11 is 0. The van der Waals surface area contributed by atoms with Crippen LogP contribution in [-0.2, 0) is 43.2 Å². The van der Waals surface area contributed by atoms with Crippen LogP contribution in [0.15, 0.2) is 9.98 Å². The second kappa shape index (κ2) is 31.5. The van der Waals surface area contributed by atoms with Gasteiger partial charge in [-0.05, 0) is 83.2 Å². The normalized spacial score (nSPS) is 14.2. The van der Waals surface area contributed by atoms with E-state index in [4.69, 9.17) is 40.1 Å². The van der Waals surface area contributed by atoms with Crippen LogP contribution in [0, 0.1) is 5.92 Å². The highest BCUT2D eigenvalue weighted by Gasteiger charge is 2.35. The fourth-order valence-corrected chi connectivity index (χ4v) is 5.85. The second-order valence-corrected chi connectivity index (χ2v) is 15.1. The Hall–Kier alpha value is -6.35. The number of carboxylic acids is 3. The lowest BCUT2D eigenvalue weighted by Gasteiger charge is -2.27. The Morgan fingerprint density at radius 2 is 0.797 bits per heavy atom. The predicted octanol–water partition coefficient (Wildman–Crippen LogP) is -5.72. The van der Waals surface area contributed by atoms with Crippen LogP contribution in [0.4, 0.5) is 0 Å². The maximum absolute atomic E-state index is 13.9. The molecule has 23 N–H and O–H groups in total. The first-order valence-electron chi connectivity index (χ1n) is 20.8. The van der Waals surface area contributed by atoms with Gasteiger partial charge in [0.1, 0.15) is 36.3 Å². The van der Waals surface area contributed by atoms with Gasteiger partial charge in [0, 0.05) is 13.1 Å². The number of carbonyl (C=O) groups excluding carboxylic acids is 6. The van der Waals surface area contributed by atoms with E-state index in [2.05, 4.69) is 41.9 Å². The molecule has 364 valence electrons. The standard InChI is InChI=1S/C37H69N15O12/c1-19(2)28(35(63)64)52-34(62)25(18-27(55)56)51-32(60)22(11-4-6-14-39)48-30(58)23(12-8-16-46-37(43)44)49-33(61)24(17-26(53)54)50-31(59)21(10-3-5-13-38)47-29(57)20(40)9-7-15-45-36(41)42/h19-25,28H,3-18,38-40H2,1-2H3,(H,47,57)(H,48,58)(H,49,61)(H,50,59)(H,51,60)(H,52,62)(H,53,54)(H,55,56)(H,63,64)(H4,41,42,45)(H4,43,44,46)/t20-,21-,22-,23-,24-,25-,28-/m0/s1. The van der Waals surface area contributed by atoms with Gasteiger partial charge in [0.25, 0.3) is 0 Å². The van der Waals surface area contributed by atoms with Gasteiger partial charge in [-0.3, -0.25) is 48.3 Å². The molecule has 27 heteroatoms. The summed E-state index contributed by atoms with van der Waals surface area (Å²) in [4.78, 5) is 124. The van der Waals surface area contributed by atoms with Crippen LogP contribution in [-0.4, -0.2) is 149 Å². The number of amides is 6. The zero-order chi connectivity index (χ0) is 48.9. The molecule has 0 aromatic carbocycles. The molecule has 0 saturated carbocycles. The van der Waals surface area contributed by atoms with E-state index in [-0.39, 0.29) is 76.6 Å². The lowest BCUT2D eigenvalue weighted by Crippen LogP contribution is -2.60. The average molecular weight is 916 g/mol. The first-order chi connectivity index (χ1) is 30.0. The summed E-state index contributed by atoms with van der Waals surface area (Å²) in [5.74, 6) is -11.5. The van der Waals surface area contributed by atoms with Crippen LogP contribution in [0.1, 0.15) is 90.9 Å². The van der Waals surface area contributed by atoms with Crippen molar-refractivity contribution in [3.05, 3.63) is 0 Å². The molecule has 0 aliphatic rings. The molecule has 0 bridgehead atoms. The van der Waals surface area contributed by atoms with E-state index < -0.39 is 114 Å². The van der Waals surface area contributed by atoms with Crippen LogP contribution in [0.2, 0.25) is 0 Å². The summed E-state index contributed by atoms with van der Waals surface area (Å²) in [6, 6.07) is -10.5. The van der Waals surface area contributed by atoms with Gasteiger partial charge in [0.2, 0.25) is 35.4 Å².